The SMILES string of the molecule is CCNC(=O)[C@@H](NC(=O)C[C@H](O)[C@H](CC1CCCCC1)NC(=O)[C@H](CC(C)C)NC(=O)[C@@H](NC(=O)CCCC(=O)O)[C@@H](C)CC)C(C)C. The van der Waals surface area contributed by atoms with Gasteiger partial charge in [0.15, 0.2) is 0 Å². The molecule has 0 aromatic heterocycles. The molecule has 0 bridgehead atoms. The van der Waals surface area contributed by atoms with E-state index in [9.17, 15) is 33.9 Å². The second kappa shape index (κ2) is 22.4. The van der Waals surface area contributed by atoms with E-state index in [0.29, 0.717) is 25.8 Å². The summed E-state index contributed by atoms with van der Waals surface area (Å²) in [6.45, 7) is 13.4. The lowest BCUT2D eigenvalue weighted by Gasteiger charge is -2.32. The van der Waals surface area contributed by atoms with Gasteiger partial charge in [-0.1, -0.05) is 80.1 Å². The maximum absolute atomic E-state index is 13.8. The van der Waals surface area contributed by atoms with Gasteiger partial charge in [0.05, 0.1) is 18.6 Å². The van der Waals surface area contributed by atoms with Crippen molar-refractivity contribution in [1.29, 1.82) is 0 Å². The number of carbonyl (C=O) groups is 6. The lowest BCUT2D eigenvalue weighted by molar-refractivity contribution is -0.137. The number of nitrogens with one attached hydrogen (secondary N) is 5. The molecule has 1 aliphatic rings. The number of aliphatic hydroxyl groups excluding tert-OH is 1. The summed E-state index contributed by atoms with van der Waals surface area (Å²) in [5.74, 6) is -3.43. The Balaban J connectivity index is 3.15. The van der Waals surface area contributed by atoms with Crippen LogP contribution in [-0.4, -0.2) is 82.5 Å². The van der Waals surface area contributed by atoms with E-state index in [4.69, 9.17) is 5.11 Å². The van der Waals surface area contributed by atoms with E-state index in [2.05, 4.69) is 26.6 Å². The average molecular weight is 682 g/mol. The second-order valence-corrected chi connectivity index (χ2v) is 14.2. The summed E-state index contributed by atoms with van der Waals surface area (Å²) in [4.78, 5) is 76.4. The number of hydrogen-bond acceptors (Lipinski definition) is 7. The first-order chi connectivity index (χ1) is 22.6. The summed E-state index contributed by atoms with van der Waals surface area (Å²) >= 11 is 0. The summed E-state index contributed by atoms with van der Waals surface area (Å²) in [5, 5.41) is 34.2. The Hall–Kier alpha value is -3.22. The van der Waals surface area contributed by atoms with Crippen LogP contribution in [0.4, 0.5) is 0 Å². The summed E-state index contributed by atoms with van der Waals surface area (Å²) in [7, 11) is 0. The highest BCUT2D eigenvalue weighted by Crippen LogP contribution is 2.28. The van der Waals surface area contributed by atoms with Crippen molar-refractivity contribution in [3.8, 4) is 0 Å². The largest absolute Gasteiger partial charge is 0.481 e. The quantitative estimate of drug-likeness (QED) is 0.0903. The van der Waals surface area contributed by atoms with Crippen molar-refractivity contribution < 1.29 is 39.0 Å². The van der Waals surface area contributed by atoms with Gasteiger partial charge in [0.1, 0.15) is 18.1 Å². The maximum Gasteiger partial charge on any atom is 0.303 e. The highest BCUT2D eigenvalue weighted by atomic mass is 16.4. The first-order valence-corrected chi connectivity index (χ1v) is 18.0. The zero-order chi connectivity index (χ0) is 36.4. The third-order valence-corrected chi connectivity index (χ3v) is 9.06. The van der Waals surface area contributed by atoms with Gasteiger partial charge >= 0.3 is 5.97 Å². The molecule has 1 rings (SSSR count). The number of carboxylic acid groups (broad SMARTS) is 1. The summed E-state index contributed by atoms with van der Waals surface area (Å²) < 4.78 is 0. The molecule has 0 unspecified atom stereocenters. The Morgan fingerprint density at radius 2 is 1.38 bits per heavy atom. The van der Waals surface area contributed by atoms with Gasteiger partial charge < -0.3 is 36.8 Å². The van der Waals surface area contributed by atoms with Gasteiger partial charge in [-0.15, -0.1) is 0 Å². The fourth-order valence-corrected chi connectivity index (χ4v) is 6.07. The van der Waals surface area contributed by atoms with E-state index in [0.717, 1.165) is 32.1 Å². The lowest BCUT2D eigenvalue weighted by Crippen LogP contribution is -2.58. The molecule has 0 aliphatic heterocycles. The monoisotopic (exact) mass is 681 g/mol. The van der Waals surface area contributed by atoms with E-state index in [1.807, 2.05) is 41.5 Å². The number of amides is 5. The zero-order valence-electron chi connectivity index (χ0n) is 30.2. The Labute approximate surface area is 286 Å². The molecule has 0 spiro atoms. The summed E-state index contributed by atoms with van der Waals surface area (Å²) in [5.41, 5.74) is 0. The molecular weight excluding hydrogens is 618 g/mol. The van der Waals surface area contributed by atoms with E-state index in [-0.39, 0.29) is 55.3 Å². The topological polar surface area (TPSA) is 203 Å². The van der Waals surface area contributed by atoms with E-state index < -0.39 is 59.9 Å². The molecule has 6 atom stereocenters. The Morgan fingerprint density at radius 3 is 1.92 bits per heavy atom. The van der Waals surface area contributed by atoms with Crippen molar-refractivity contribution in [2.24, 2.45) is 23.7 Å². The molecule has 0 aromatic carbocycles. The first kappa shape index (κ1) is 42.8. The molecule has 0 saturated heterocycles. The minimum Gasteiger partial charge on any atom is -0.481 e. The van der Waals surface area contributed by atoms with Crippen molar-refractivity contribution in [2.75, 3.05) is 6.54 Å². The Morgan fingerprint density at radius 1 is 0.750 bits per heavy atom. The first-order valence-electron chi connectivity index (χ1n) is 18.0. The van der Waals surface area contributed by atoms with Crippen molar-refractivity contribution in [3.05, 3.63) is 0 Å². The highest BCUT2D eigenvalue weighted by molar-refractivity contribution is 5.92. The maximum atomic E-state index is 13.8. The molecule has 1 aliphatic carbocycles. The molecule has 13 heteroatoms. The highest BCUT2D eigenvalue weighted by Gasteiger charge is 2.34. The van der Waals surface area contributed by atoms with Crippen molar-refractivity contribution in [2.45, 2.75) is 156 Å². The van der Waals surface area contributed by atoms with Crippen molar-refractivity contribution >= 4 is 35.5 Å². The van der Waals surface area contributed by atoms with Crippen LogP contribution in [0.5, 0.6) is 0 Å². The molecule has 1 fully saturated rings. The normalized spacial score (nSPS) is 17.4. The van der Waals surface area contributed by atoms with Gasteiger partial charge in [-0.3, -0.25) is 28.8 Å². The van der Waals surface area contributed by atoms with Gasteiger partial charge in [0.2, 0.25) is 29.5 Å². The van der Waals surface area contributed by atoms with Gasteiger partial charge in [0, 0.05) is 19.4 Å². The zero-order valence-corrected chi connectivity index (χ0v) is 30.2. The van der Waals surface area contributed by atoms with Crippen LogP contribution in [0.25, 0.3) is 0 Å². The third-order valence-electron chi connectivity index (χ3n) is 9.06. The molecule has 0 heterocycles. The Bertz CT molecular complexity index is 1050. The van der Waals surface area contributed by atoms with Gasteiger partial charge in [0.25, 0.3) is 0 Å². The smallest absolute Gasteiger partial charge is 0.303 e. The molecule has 13 nitrogen and oxygen atoms in total. The fourth-order valence-electron chi connectivity index (χ4n) is 6.07. The van der Waals surface area contributed by atoms with Gasteiger partial charge in [-0.05, 0) is 49.9 Å². The minimum atomic E-state index is -1.23. The number of carboxylic acids is 1. The second-order valence-electron chi connectivity index (χ2n) is 14.2. The van der Waals surface area contributed by atoms with Crippen LogP contribution in [0.15, 0.2) is 0 Å². The predicted molar refractivity (Wildman–Crippen MR) is 183 cm³/mol. The number of aliphatic hydroxyl groups is 1. The molecule has 0 radical (unpaired) electrons. The van der Waals surface area contributed by atoms with E-state index in [1.54, 1.807) is 6.92 Å². The van der Waals surface area contributed by atoms with E-state index >= 15 is 0 Å². The molecule has 48 heavy (non-hydrogen) atoms. The van der Waals surface area contributed by atoms with Crippen LogP contribution in [0.1, 0.15) is 126 Å². The van der Waals surface area contributed by atoms with Crippen LogP contribution < -0.4 is 26.6 Å². The molecular formula is C35H63N5O8. The van der Waals surface area contributed by atoms with Gasteiger partial charge in [-0.2, -0.15) is 0 Å². The summed E-state index contributed by atoms with van der Waals surface area (Å²) in [6.07, 6.45) is 4.86. The number of aliphatic carboxylic acids is 1. The molecule has 7 N–H and O–H groups in total. The minimum absolute atomic E-state index is 0.0171. The van der Waals surface area contributed by atoms with Crippen molar-refractivity contribution in [1.82, 2.24) is 26.6 Å². The van der Waals surface area contributed by atoms with Crippen LogP contribution >= 0.6 is 0 Å². The molecule has 5 amide bonds. The molecule has 276 valence electrons. The van der Waals surface area contributed by atoms with Crippen LogP contribution in [0.2, 0.25) is 0 Å². The molecule has 0 aromatic rings. The molecule has 1 saturated carbocycles. The number of likely N-dealkylation sites (N-methyl/N-ethyl adjacent to an activating group) is 1. The fraction of sp³-hybridized carbons (Fsp3) is 0.829. The predicted octanol–water partition coefficient (Wildman–Crippen LogP) is 2.79. The Kier molecular flexibility index (Phi) is 20.0. The van der Waals surface area contributed by atoms with Crippen LogP contribution in [-0.2, 0) is 28.8 Å². The average Bonchev–Trinajstić information content (AvgIpc) is 3.01. The standard InChI is InChI=1S/C35H63N5O8/c1-8-23(7)32(39-28(42)16-13-17-30(44)45)35(48)38-26(18-21(3)4)33(46)37-25(19-24-14-11-10-12-15-24)27(41)20-29(43)40-31(22(5)6)34(47)36-9-2/h21-27,31-32,41H,8-20H2,1-7H3,(H,36,47)(H,37,46)(H,38,48)(H,39,42)(H,40,43)(H,44,45)/t23-,25-,26-,27-,31-,32-/m0/s1. The van der Waals surface area contributed by atoms with Gasteiger partial charge in [-0.25, -0.2) is 0 Å². The lowest BCUT2D eigenvalue weighted by atomic mass is 9.83. The number of hydrogen-bond donors (Lipinski definition) is 7. The van der Waals surface area contributed by atoms with Crippen LogP contribution in [0, 0.1) is 23.7 Å². The summed E-state index contributed by atoms with van der Waals surface area (Å²) in [6, 6.07) is -3.43. The number of carbonyl (C=O) groups excluding carboxylic acids is 5. The van der Waals surface area contributed by atoms with E-state index in [1.165, 1.54) is 0 Å². The third kappa shape index (κ3) is 16.3. The number of rotatable bonds is 22. The van der Waals surface area contributed by atoms with Crippen molar-refractivity contribution in [3.63, 3.8) is 0 Å². The van der Waals surface area contributed by atoms with Crippen LogP contribution in [0.3, 0.4) is 0 Å².